The minimum Gasteiger partial charge on any atom is -0.480 e. The summed E-state index contributed by atoms with van der Waals surface area (Å²) < 4.78 is 0. The Hall–Kier alpha value is -2.22. The molecule has 1 aromatic rings. The van der Waals surface area contributed by atoms with E-state index in [0.29, 0.717) is 11.5 Å². The van der Waals surface area contributed by atoms with E-state index in [1.165, 1.54) is 0 Å². The molecule has 1 rings (SSSR count). The van der Waals surface area contributed by atoms with Crippen molar-refractivity contribution in [3.63, 3.8) is 0 Å². The molecule has 0 spiro atoms. The molecule has 1 heterocycles. The van der Waals surface area contributed by atoms with Crippen LogP contribution in [0, 0.1) is 6.92 Å². The number of aromatic nitrogens is 2. The minimum absolute atomic E-state index is 0.146. The van der Waals surface area contributed by atoms with E-state index in [0.717, 1.165) is 0 Å². The summed E-state index contributed by atoms with van der Waals surface area (Å²) in [6, 6.07) is -0.376. The first kappa shape index (κ1) is 13.8. The molecule has 4 N–H and O–H groups in total. The quantitative estimate of drug-likeness (QED) is 0.536. The number of aryl methyl sites for hydroxylation is 1. The molecule has 98 valence electrons. The Kier molecular flexibility index (Phi) is 5.00. The average Bonchev–Trinajstić information content (AvgIpc) is 2.33. The number of hydrogen-bond donors (Lipinski definition) is 4. The highest BCUT2D eigenvalue weighted by Crippen LogP contribution is 1.93. The Morgan fingerprint density at radius 1 is 1.50 bits per heavy atom. The SMILES string of the molecule is Cc1nccc(CNC(=O)N[C@@H](CO)C(=O)O)n1. The number of amides is 2. The fraction of sp³-hybridized carbons (Fsp3) is 0.400. The van der Waals surface area contributed by atoms with Gasteiger partial charge < -0.3 is 20.8 Å². The van der Waals surface area contributed by atoms with E-state index in [2.05, 4.69) is 20.6 Å². The van der Waals surface area contributed by atoms with Crippen LogP contribution in [-0.4, -0.2) is 44.8 Å². The van der Waals surface area contributed by atoms with Crippen LogP contribution in [0.3, 0.4) is 0 Å². The summed E-state index contributed by atoms with van der Waals surface area (Å²) in [7, 11) is 0. The van der Waals surface area contributed by atoms with Gasteiger partial charge in [0.25, 0.3) is 0 Å². The smallest absolute Gasteiger partial charge is 0.328 e. The van der Waals surface area contributed by atoms with Crippen molar-refractivity contribution in [2.75, 3.05) is 6.61 Å². The molecule has 18 heavy (non-hydrogen) atoms. The van der Waals surface area contributed by atoms with Crippen LogP contribution in [0.5, 0.6) is 0 Å². The third-order valence-corrected chi connectivity index (χ3v) is 2.05. The largest absolute Gasteiger partial charge is 0.480 e. The molecule has 0 radical (unpaired) electrons. The lowest BCUT2D eigenvalue weighted by atomic mass is 10.3. The molecule has 0 aliphatic carbocycles. The molecular weight excluding hydrogens is 240 g/mol. The van der Waals surface area contributed by atoms with E-state index in [1.54, 1.807) is 19.2 Å². The fourth-order valence-electron chi connectivity index (χ4n) is 1.17. The third kappa shape index (κ3) is 4.34. The van der Waals surface area contributed by atoms with Crippen molar-refractivity contribution in [1.29, 1.82) is 0 Å². The minimum atomic E-state index is -1.32. The van der Waals surface area contributed by atoms with Crippen LogP contribution in [0.25, 0.3) is 0 Å². The molecule has 2 amide bonds. The van der Waals surface area contributed by atoms with E-state index < -0.39 is 24.6 Å². The highest BCUT2D eigenvalue weighted by Gasteiger charge is 2.18. The number of carbonyl (C=O) groups is 2. The van der Waals surface area contributed by atoms with Gasteiger partial charge in [-0.2, -0.15) is 0 Å². The number of nitrogens with one attached hydrogen (secondary N) is 2. The normalized spacial score (nSPS) is 11.7. The van der Waals surface area contributed by atoms with Gasteiger partial charge in [-0.15, -0.1) is 0 Å². The zero-order valence-corrected chi connectivity index (χ0v) is 9.75. The number of aliphatic hydroxyl groups excluding tert-OH is 1. The van der Waals surface area contributed by atoms with E-state index in [4.69, 9.17) is 10.2 Å². The highest BCUT2D eigenvalue weighted by atomic mass is 16.4. The topological polar surface area (TPSA) is 124 Å². The van der Waals surface area contributed by atoms with Crippen LogP contribution in [0.2, 0.25) is 0 Å². The van der Waals surface area contributed by atoms with Crippen LogP contribution >= 0.6 is 0 Å². The maximum atomic E-state index is 11.3. The van der Waals surface area contributed by atoms with Gasteiger partial charge in [-0.25, -0.2) is 19.6 Å². The molecular formula is C10H14N4O4. The number of aliphatic carboxylic acids is 1. The number of hydrogen-bond acceptors (Lipinski definition) is 5. The molecule has 0 unspecified atom stereocenters. The molecule has 0 aromatic carbocycles. The Labute approximate surface area is 103 Å². The Morgan fingerprint density at radius 3 is 2.78 bits per heavy atom. The maximum Gasteiger partial charge on any atom is 0.328 e. The number of carbonyl (C=O) groups excluding carboxylic acids is 1. The van der Waals surface area contributed by atoms with E-state index in [1.807, 2.05) is 0 Å². The second-order valence-electron chi connectivity index (χ2n) is 3.50. The van der Waals surface area contributed by atoms with Crippen LogP contribution in [0.15, 0.2) is 12.3 Å². The van der Waals surface area contributed by atoms with Crippen molar-refractivity contribution in [3.8, 4) is 0 Å². The summed E-state index contributed by atoms with van der Waals surface area (Å²) in [6.45, 7) is 1.19. The predicted molar refractivity (Wildman–Crippen MR) is 60.7 cm³/mol. The van der Waals surface area contributed by atoms with Gasteiger partial charge in [0.05, 0.1) is 18.8 Å². The number of aliphatic hydroxyl groups is 1. The Bertz CT molecular complexity index is 438. The van der Waals surface area contributed by atoms with Crippen molar-refractivity contribution in [1.82, 2.24) is 20.6 Å². The molecule has 0 aliphatic heterocycles. The van der Waals surface area contributed by atoms with Crippen molar-refractivity contribution in [2.24, 2.45) is 0 Å². The number of carboxylic acid groups (broad SMARTS) is 1. The van der Waals surface area contributed by atoms with Crippen LogP contribution < -0.4 is 10.6 Å². The van der Waals surface area contributed by atoms with Gasteiger partial charge in [-0.1, -0.05) is 0 Å². The molecule has 1 aromatic heterocycles. The number of rotatable bonds is 5. The van der Waals surface area contributed by atoms with Crippen LogP contribution in [-0.2, 0) is 11.3 Å². The summed E-state index contributed by atoms with van der Waals surface area (Å²) in [6.07, 6.45) is 1.56. The number of nitrogens with zero attached hydrogens (tertiary/aromatic N) is 2. The van der Waals surface area contributed by atoms with Gasteiger partial charge >= 0.3 is 12.0 Å². The Morgan fingerprint density at radius 2 is 2.22 bits per heavy atom. The van der Waals surface area contributed by atoms with Gasteiger partial charge in [-0.05, 0) is 13.0 Å². The molecule has 0 aliphatic rings. The summed E-state index contributed by atoms with van der Waals surface area (Å²) in [5.74, 6) is -0.723. The maximum absolute atomic E-state index is 11.3. The first-order valence-corrected chi connectivity index (χ1v) is 5.19. The third-order valence-electron chi connectivity index (χ3n) is 2.05. The van der Waals surface area contributed by atoms with Gasteiger partial charge in [0.15, 0.2) is 6.04 Å². The molecule has 8 heteroatoms. The van der Waals surface area contributed by atoms with Crippen LogP contribution in [0.4, 0.5) is 4.79 Å². The molecule has 8 nitrogen and oxygen atoms in total. The lowest BCUT2D eigenvalue weighted by Gasteiger charge is -2.12. The van der Waals surface area contributed by atoms with E-state index >= 15 is 0 Å². The second-order valence-corrected chi connectivity index (χ2v) is 3.50. The molecule has 0 saturated carbocycles. The van der Waals surface area contributed by atoms with Crippen molar-refractivity contribution < 1.29 is 19.8 Å². The van der Waals surface area contributed by atoms with Crippen LogP contribution in [0.1, 0.15) is 11.5 Å². The summed E-state index contributed by atoms with van der Waals surface area (Å²) in [4.78, 5) is 29.9. The second kappa shape index (κ2) is 6.50. The lowest BCUT2D eigenvalue weighted by molar-refractivity contribution is -0.140. The first-order valence-electron chi connectivity index (χ1n) is 5.19. The van der Waals surface area contributed by atoms with E-state index in [9.17, 15) is 9.59 Å². The predicted octanol–water partition coefficient (Wildman–Crippen LogP) is -0.970. The van der Waals surface area contributed by atoms with Crippen molar-refractivity contribution in [2.45, 2.75) is 19.5 Å². The molecule has 0 fully saturated rings. The first-order chi connectivity index (χ1) is 8.52. The van der Waals surface area contributed by atoms with Crippen molar-refractivity contribution >= 4 is 12.0 Å². The van der Waals surface area contributed by atoms with Gasteiger partial charge in [0.2, 0.25) is 0 Å². The average molecular weight is 254 g/mol. The zero-order valence-electron chi connectivity index (χ0n) is 9.75. The van der Waals surface area contributed by atoms with Gasteiger partial charge in [0, 0.05) is 6.20 Å². The lowest BCUT2D eigenvalue weighted by Crippen LogP contribution is -2.47. The van der Waals surface area contributed by atoms with E-state index in [-0.39, 0.29) is 6.54 Å². The van der Waals surface area contributed by atoms with Crippen molar-refractivity contribution in [3.05, 3.63) is 23.8 Å². The molecule has 1 atom stereocenters. The summed E-state index contributed by atoms with van der Waals surface area (Å²) >= 11 is 0. The number of carboxylic acids is 1. The number of urea groups is 1. The summed E-state index contributed by atoms with van der Waals surface area (Å²) in [5, 5.41) is 21.9. The zero-order chi connectivity index (χ0) is 13.5. The molecule has 0 bridgehead atoms. The fourth-order valence-corrected chi connectivity index (χ4v) is 1.17. The summed E-state index contributed by atoms with van der Waals surface area (Å²) in [5.41, 5.74) is 0.605. The standard InChI is InChI=1S/C10H14N4O4/c1-6-11-3-2-7(13-6)4-12-10(18)14-8(5-15)9(16)17/h2-3,8,15H,4-5H2,1H3,(H,16,17)(H2,12,14,18)/t8-/m0/s1. The van der Waals surface area contributed by atoms with Gasteiger partial charge in [0.1, 0.15) is 5.82 Å². The molecule has 0 saturated heterocycles. The van der Waals surface area contributed by atoms with Gasteiger partial charge in [-0.3, -0.25) is 0 Å². The highest BCUT2D eigenvalue weighted by molar-refractivity contribution is 5.82. The monoisotopic (exact) mass is 254 g/mol. The Balaban J connectivity index is 2.44.